The monoisotopic (exact) mass is 572 g/mol. The molecular weight excluding hydrogens is 532 g/mol. The number of anilines is 2. The van der Waals surface area contributed by atoms with Gasteiger partial charge in [-0.15, -0.1) is 0 Å². The molecular formula is C34H40N2O6. The van der Waals surface area contributed by atoms with E-state index in [9.17, 15) is 19.8 Å². The summed E-state index contributed by atoms with van der Waals surface area (Å²) >= 11 is 0. The number of aryl methyl sites for hydroxylation is 1. The fourth-order valence-corrected chi connectivity index (χ4v) is 5.29. The van der Waals surface area contributed by atoms with Gasteiger partial charge < -0.3 is 19.7 Å². The number of nitrogens with zero attached hydrogens (tertiary/aromatic N) is 2. The number of amides is 2. The highest BCUT2D eigenvalue weighted by molar-refractivity contribution is 5.86. The molecule has 4 rings (SSSR count). The van der Waals surface area contributed by atoms with E-state index in [1.54, 1.807) is 48.5 Å². The van der Waals surface area contributed by atoms with Crippen LogP contribution < -0.4 is 19.3 Å². The van der Waals surface area contributed by atoms with Crippen LogP contribution in [0.4, 0.5) is 21.0 Å². The van der Waals surface area contributed by atoms with Crippen LogP contribution in [0.5, 0.6) is 11.5 Å². The quantitative estimate of drug-likeness (QED) is 0.121. The van der Waals surface area contributed by atoms with Crippen molar-refractivity contribution in [1.82, 2.24) is 0 Å². The molecule has 8 heteroatoms. The Morgan fingerprint density at radius 1 is 0.833 bits per heavy atom. The van der Waals surface area contributed by atoms with Gasteiger partial charge in [0.25, 0.3) is 0 Å². The molecule has 0 saturated heterocycles. The van der Waals surface area contributed by atoms with E-state index in [0.29, 0.717) is 22.9 Å². The van der Waals surface area contributed by atoms with Gasteiger partial charge >= 0.3 is 12.2 Å². The SMILES string of the molecule is CCCCCc1cc(OCN(C(=O)O)c2ccccc2)c(C2C=C(C)CCC2)c(OCN(C(=O)O)c2ccccc2)c1. The molecule has 222 valence electrons. The average Bonchev–Trinajstić information content (AvgIpc) is 2.98. The number of carbonyl (C=O) groups is 2. The van der Waals surface area contributed by atoms with Crippen LogP contribution >= 0.6 is 0 Å². The van der Waals surface area contributed by atoms with E-state index in [4.69, 9.17) is 9.47 Å². The Balaban J connectivity index is 1.74. The summed E-state index contributed by atoms with van der Waals surface area (Å²) < 4.78 is 12.7. The third-order valence-electron chi connectivity index (χ3n) is 7.47. The number of hydrogen-bond acceptors (Lipinski definition) is 4. The van der Waals surface area contributed by atoms with Crippen LogP contribution in [0.25, 0.3) is 0 Å². The highest BCUT2D eigenvalue weighted by Crippen LogP contribution is 2.43. The Morgan fingerprint density at radius 2 is 1.36 bits per heavy atom. The third kappa shape index (κ3) is 8.06. The second kappa shape index (κ2) is 15.0. The van der Waals surface area contributed by atoms with Crippen molar-refractivity contribution in [2.45, 2.75) is 64.7 Å². The van der Waals surface area contributed by atoms with Gasteiger partial charge in [0.1, 0.15) is 11.5 Å². The van der Waals surface area contributed by atoms with Gasteiger partial charge in [-0.1, -0.05) is 67.8 Å². The molecule has 2 N–H and O–H groups in total. The first kappa shape index (κ1) is 30.5. The molecule has 8 nitrogen and oxygen atoms in total. The van der Waals surface area contributed by atoms with Crippen molar-refractivity contribution in [2.75, 3.05) is 23.3 Å². The highest BCUT2D eigenvalue weighted by atomic mass is 16.5. The predicted octanol–water partition coefficient (Wildman–Crippen LogP) is 8.67. The van der Waals surface area contributed by atoms with Gasteiger partial charge in [0.05, 0.1) is 11.4 Å². The normalized spacial score (nSPS) is 14.5. The molecule has 0 saturated carbocycles. The Bertz CT molecular complexity index is 1280. The number of hydrogen-bond donors (Lipinski definition) is 2. The molecule has 0 aliphatic heterocycles. The fraction of sp³-hybridized carbons (Fsp3) is 0.353. The maximum absolute atomic E-state index is 12.2. The van der Waals surface area contributed by atoms with Gasteiger partial charge in [-0.2, -0.15) is 0 Å². The molecule has 3 aromatic rings. The molecule has 0 radical (unpaired) electrons. The van der Waals surface area contributed by atoms with Crippen molar-refractivity contribution in [3.63, 3.8) is 0 Å². The first-order valence-corrected chi connectivity index (χ1v) is 14.6. The van der Waals surface area contributed by atoms with Crippen LogP contribution in [0, 0.1) is 0 Å². The Kier molecular flexibility index (Phi) is 10.9. The van der Waals surface area contributed by atoms with E-state index in [1.807, 2.05) is 24.3 Å². The van der Waals surface area contributed by atoms with Gasteiger partial charge in [-0.05, 0) is 81.0 Å². The molecule has 1 aliphatic carbocycles. The lowest BCUT2D eigenvalue weighted by molar-refractivity contribution is 0.192. The Morgan fingerprint density at radius 3 is 1.81 bits per heavy atom. The first-order valence-electron chi connectivity index (χ1n) is 14.6. The molecule has 1 aliphatic rings. The van der Waals surface area contributed by atoms with E-state index in [0.717, 1.165) is 65.9 Å². The maximum Gasteiger partial charge on any atom is 0.414 e. The van der Waals surface area contributed by atoms with Crippen LogP contribution in [0.3, 0.4) is 0 Å². The molecule has 0 heterocycles. The maximum atomic E-state index is 12.2. The van der Waals surface area contributed by atoms with Gasteiger partial charge in [0.15, 0.2) is 13.5 Å². The fourth-order valence-electron chi connectivity index (χ4n) is 5.29. The second-order valence-corrected chi connectivity index (χ2v) is 10.6. The number of carboxylic acid groups (broad SMARTS) is 2. The van der Waals surface area contributed by atoms with Crippen LogP contribution in [-0.2, 0) is 6.42 Å². The molecule has 0 bridgehead atoms. The highest BCUT2D eigenvalue weighted by Gasteiger charge is 2.26. The number of para-hydroxylation sites is 2. The summed E-state index contributed by atoms with van der Waals surface area (Å²) in [5.74, 6) is 1.09. The van der Waals surface area contributed by atoms with E-state index in [2.05, 4.69) is 19.9 Å². The third-order valence-corrected chi connectivity index (χ3v) is 7.47. The number of unbranched alkanes of at least 4 members (excludes halogenated alkanes) is 2. The summed E-state index contributed by atoms with van der Waals surface area (Å²) in [6, 6.07) is 21.7. The van der Waals surface area contributed by atoms with E-state index in [-0.39, 0.29) is 19.4 Å². The number of benzene rings is 3. The Labute approximate surface area is 247 Å². The molecule has 2 amide bonds. The van der Waals surface area contributed by atoms with E-state index >= 15 is 0 Å². The summed E-state index contributed by atoms with van der Waals surface area (Å²) in [6.07, 6.45) is 6.79. The largest absolute Gasteiger partial charge is 0.472 e. The summed E-state index contributed by atoms with van der Waals surface area (Å²) in [7, 11) is 0. The lowest BCUT2D eigenvalue weighted by Gasteiger charge is -2.28. The standard InChI is InChI=1S/C34H40N2O6/c1-3-4-7-14-26-21-30(41-23-35(33(37)38)28-16-8-5-9-17-28)32(27-15-12-13-25(2)20-27)31(22-26)42-24-36(34(39)40)29-18-10-6-11-19-29/h5-6,8-11,16-22,27H,3-4,7,12-15,23-24H2,1-2H3,(H,37,38)(H,39,40). The van der Waals surface area contributed by atoms with Crippen molar-refractivity contribution in [3.8, 4) is 11.5 Å². The average molecular weight is 573 g/mol. The molecule has 1 atom stereocenters. The number of ether oxygens (including phenoxy) is 2. The predicted molar refractivity (Wildman–Crippen MR) is 165 cm³/mol. The molecule has 0 fully saturated rings. The van der Waals surface area contributed by atoms with E-state index < -0.39 is 12.2 Å². The number of allylic oxidation sites excluding steroid dienone is 2. The van der Waals surface area contributed by atoms with Crippen molar-refractivity contribution in [3.05, 3.63) is 95.6 Å². The smallest absolute Gasteiger partial charge is 0.414 e. The lowest BCUT2D eigenvalue weighted by atomic mass is 9.84. The van der Waals surface area contributed by atoms with Crippen molar-refractivity contribution < 1.29 is 29.3 Å². The van der Waals surface area contributed by atoms with Gasteiger partial charge in [0, 0.05) is 11.5 Å². The van der Waals surface area contributed by atoms with Gasteiger partial charge in [0.2, 0.25) is 0 Å². The van der Waals surface area contributed by atoms with Gasteiger partial charge in [-0.25, -0.2) is 19.4 Å². The van der Waals surface area contributed by atoms with Crippen LogP contribution in [0.2, 0.25) is 0 Å². The van der Waals surface area contributed by atoms with Gasteiger partial charge in [-0.3, -0.25) is 0 Å². The van der Waals surface area contributed by atoms with Crippen molar-refractivity contribution in [2.24, 2.45) is 0 Å². The van der Waals surface area contributed by atoms with Crippen molar-refractivity contribution in [1.29, 1.82) is 0 Å². The summed E-state index contributed by atoms with van der Waals surface area (Å²) in [5, 5.41) is 19.9. The van der Waals surface area contributed by atoms with E-state index in [1.165, 1.54) is 5.57 Å². The Hall–Kier alpha value is -4.46. The minimum Gasteiger partial charge on any atom is -0.472 e. The van der Waals surface area contributed by atoms with Crippen LogP contribution in [0.15, 0.2) is 84.4 Å². The second-order valence-electron chi connectivity index (χ2n) is 10.6. The topological polar surface area (TPSA) is 99.5 Å². The molecule has 42 heavy (non-hydrogen) atoms. The molecule has 1 unspecified atom stereocenters. The zero-order valence-corrected chi connectivity index (χ0v) is 24.4. The van der Waals surface area contributed by atoms with Crippen molar-refractivity contribution >= 4 is 23.6 Å². The summed E-state index contributed by atoms with van der Waals surface area (Å²) in [6.45, 7) is 3.85. The summed E-state index contributed by atoms with van der Waals surface area (Å²) in [5.41, 5.74) is 4.09. The summed E-state index contributed by atoms with van der Waals surface area (Å²) in [4.78, 5) is 26.7. The van der Waals surface area contributed by atoms with Crippen LogP contribution in [-0.4, -0.2) is 35.9 Å². The van der Waals surface area contributed by atoms with Crippen LogP contribution in [0.1, 0.15) is 69.4 Å². The molecule has 0 spiro atoms. The zero-order valence-electron chi connectivity index (χ0n) is 24.4. The lowest BCUT2D eigenvalue weighted by Crippen LogP contribution is -2.34. The molecule has 3 aromatic carbocycles. The zero-order chi connectivity index (χ0) is 29.9. The number of rotatable bonds is 13. The minimum absolute atomic E-state index is 0.0153. The first-order chi connectivity index (χ1) is 20.4. The molecule has 0 aromatic heterocycles. The minimum atomic E-state index is -1.12.